The zero-order chi connectivity index (χ0) is 29.0. The summed E-state index contributed by atoms with van der Waals surface area (Å²) in [7, 11) is 2.84. The zero-order valence-corrected chi connectivity index (χ0v) is 25.6. The van der Waals surface area contributed by atoms with E-state index in [2.05, 4.69) is 71.1 Å². The van der Waals surface area contributed by atoms with Gasteiger partial charge < -0.3 is 25.6 Å². The van der Waals surface area contributed by atoms with Gasteiger partial charge in [0, 0.05) is 27.8 Å². The molecule has 0 bridgehead atoms. The van der Waals surface area contributed by atoms with Crippen LogP contribution in [-0.4, -0.2) is 71.7 Å². The molecule has 3 heterocycles. The normalized spacial score (nSPS) is 17.9. The Morgan fingerprint density at radius 3 is 2.55 bits per heavy atom. The van der Waals surface area contributed by atoms with Crippen LogP contribution in [0.4, 0.5) is 11.5 Å². The number of piperidine rings is 1. The predicted octanol–water partition coefficient (Wildman–Crippen LogP) is 4.33. The number of pyridine rings is 1. The van der Waals surface area contributed by atoms with E-state index in [0.717, 1.165) is 31.0 Å². The first-order valence-corrected chi connectivity index (χ1v) is 17.7. The molecule has 0 saturated carbocycles. The molecular formula is C29H43N7O3Si. The molecule has 1 fully saturated rings. The van der Waals surface area contributed by atoms with Gasteiger partial charge in [0.2, 0.25) is 0 Å². The van der Waals surface area contributed by atoms with E-state index >= 15 is 0 Å². The highest BCUT2D eigenvalue weighted by Gasteiger charge is 2.34. The number of nitrogen functional groups attached to an aromatic ring is 1. The predicted molar refractivity (Wildman–Crippen MR) is 161 cm³/mol. The van der Waals surface area contributed by atoms with Crippen molar-refractivity contribution < 1.29 is 14.3 Å². The van der Waals surface area contributed by atoms with Crippen molar-refractivity contribution in [3.05, 3.63) is 47.8 Å². The second kappa shape index (κ2) is 12.5. The Hall–Kier alpha value is -3.28. The molecule has 1 aliphatic heterocycles. The maximum Gasteiger partial charge on any atom is 0.314 e. The lowest BCUT2D eigenvalue weighted by Gasteiger charge is -2.38. The van der Waals surface area contributed by atoms with Crippen LogP contribution in [0.25, 0.3) is 10.9 Å². The average Bonchev–Trinajstić information content (AvgIpc) is 3.32. The van der Waals surface area contributed by atoms with Crippen molar-refractivity contribution in [2.24, 2.45) is 5.92 Å². The molecule has 4 rings (SSSR count). The molecule has 1 saturated heterocycles. The van der Waals surface area contributed by atoms with Crippen LogP contribution in [0.15, 0.2) is 36.7 Å². The Morgan fingerprint density at radius 1 is 1.15 bits per heavy atom. The smallest absolute Gasteiger partial charge is 0.314 e. The van der Waals surface area contributed by atoms with E-state index in [4.69, 9.17) is 10.5 Å². The number of benzene rings is 1. The lowest BCUT2D eigenvalue weighted by atomic mass is 9.89. The van der Waals surface area contributed by atoms with Crippen molar-refractivity contribution in [3.8, 4) is 0 Å². The molecule has 0 unspecified atom stereocenters. The summed E-state index contributed by atoms with van der Waals surface area (Å²) in [6.07, 6.45) is 4.89. The number of ether oxygens (including phenoxy) is 1. The number of hydrogen-bond acceptors (Lipinski definition) is 7. The van der Waals surface area contributed by atoms with Gasteiger partial charge in [-0.1, -0.05) is 50.8 Å². The molecular weight excluding hydrogens is 522 g/mol. The minimum absolute atomic E-state index is 0.155. The maximum atomic E-state index is 13.6. The van der Waals surface area contributed by atoms with E-state index in [1.807, 2.05) is 14.1 Å². The number of rotatable bonds is 9. The molecule has 3 aromatic rings. The Bertz CT molecular complexity index is 1330. The van der Waals surface area contributed by atoms with E-state index in [9.17, 15) is 9.59 Å². The van der Waals surface area contributed by atoms with Crippen LogP contribution in [0.3, 0.4) is 0 Å². The van der Waals surface area contributed by atoms with Crippen LogP contribution in [0.5, 0.6) is 0 Å². The number of hydrogen-bond donors (Lipinski definition) is 2. The summed E-state index contributed by atoms with van der Waals surface area (Å²) < 4.78 is 7.54. The van der Waals surface area contributed by atoms with Crippen LogP contribution in [0.2, 0.25) is 25.7 Å². The number of fused-ring (bicyclic) bond motifs is 1. The van der Waals surface area contributed by atoms with Crippen molar-refractivity contribution in [1.29, 1.82) is 0 Å². The molecule has 2 amide bonds. The fourth-order valence-electron chi connectivity index (χ4n) is 5.08. The minimum Gasteiger partial charge on any atom is -0.383 e. The molecule has 3 N–H and O–H groups in total. The van der Waals surface area contributed by atoms with Gasteiger partial charge in [-0.25, -0.2) is 9.67 Å². The minimum atomic E-state index is -1.23. The quantitative estimate of drug-likeness (QED) is 0.225. The summed E-state index contributed by atoms with van der Waals surface area (Å²) in [5.74, 6) is -0.657. The summed E-state index contributed by atoms with van der Waals surface area (Å²) in [4.78, 5) is 35.0. The Morgan fingerprint density at radius 2 is 1.88 bits per heavy atom. The van der Waals surface area contributed by atoms with Gasteiger partial charge in [-0.3, -0.25) is 9.59 Å². The number of nitrogens with zero attached hydrogens (tertiary/aromatic N) is 5. The van der Waals surface area contributed by atoms with Crippen molar-refractivity contribution in [1.82, 2.24) is 24.6 Å². The summed E-state index contributed by atoms with van der Waals surface area (Å²) in [5.41, 5.74) is 9.31. The molecule has 0 radical (unpaired) electrons. The Labute approximate surface area is 237 Å². The van der Waals surface area contributed by atoms with E-state index in [1.54, 1.807) is 15.8 Å². The number of carbonyl (C=O) groups is 2. The number of likely N-dealkylation sites (tertiary alicyclic amines) is 1. The van der Waals surface area contributed by atoms with Crippen molar-refractivity contribution in [3.63, 3.8) is 0 Å². The average molecular weight is 566 g/mol. The van der Waals surface area contributed by atoms with Crippen LogP contribution in [-0.2, 0) is 27.6 Å². The topological polar surface area (TPSA) is 119 Å². The molecule has 0 spiro atoms. The number of nitrogens with two attached hydrogens (primary N) is 1. The van der Waals surface area contributed by atoms with Crippen LogP contribution < -0.4 is 11.1 Å². The highest BCUT2D eigenvalue weighted by molar-refractivity contribution is 6.76. The van der Waals surface area contributed by atoms with E-state index in [-0.39, 0.29) is 12.8 Å². The summed E-state index contributed by atoms with van der Waals surface area (Å²) in [5, 5.41) is 7.82. The van der Waals surface area contributed by atoms with Gasteiger partial charge in [0.25, 0.3) is 0 Å². The summed E-state index contributed by atoms with van der Waals surface area (Å²) in [6.45, 7) is 11.2. The number of amides is 2. The lowest BCUT2D eigenvalue weighted by molar-refractivity contribution is -0.146. The summed E-state index contributed by atoms with van der Waals surface area (Å²) >= 11 is 0. The molecule has 10 nitrogen and oxygen atoms in total. The second-order valence-corrected chi connectivity index (χ2v) is 18.0. The largest absolute Gasteiger partial charge is 0.383 e. The molecule has 1 aromatic carbocycles. The van der Waals surface area contributed by atoms with Gasteiger partial charge in [0.05, 0.1) is 35.0 Å². The highest BCUT2D eigenvalue weighted by atomic mass is 28.3. The molecule has 216 valence electrons. The van der Waals surface area contributed by atoms with Gasteiger partial charge >= 0.3 is 11.8 Å². The first-order chi connectivity index (χ1) is 18.9. The van der Waals surface area contributed by atoms with Crippen LogP contribution >= 0.6 is 0 Å². The number of nitrogens with one attached hydrogen (secondary N) is 1. The molecule has 0 aliphatic carbocycles. The van der Waals surface area contributed by atoms with Gasteiger partial charge in [0.1, 0.15) is 12.5 Å². The molecule has 40 heavy (non-hydrogen) atoms. The molecule has 2 atom stereocenters. The van der Waals surface area contributed by atoms with Gasteiger partial charge in [0.15, 0.2) is 0 Å². The third kappa shape index (κ3) is 7.26. The fourth-order valence-corrected chi connectivity index (χ4v) is 5.84. The first kappa shape index (κ1) is 29.7. The Kier molecular flexibility index (Phi) is 9.27. The molecule has 2 aromatic heterocycles. The van der Waals surface area contributed by atoms with E-state index in [0.29, 0.717) is 41.5 Å². The fraction of sp³-hybridized carbons (Fsp3) is 0.517. The number of anilines is 2. The van der Waals surface area contributed by atoms with Crippen molar-refractivity contribution >= 4 is 42.3 Å². The second-order valence-electron chi connectivity index (χ2n) is 12.4. The Balaban J connectivity index is 1.52. The van der Waals surface area contributed by atoms with Crippen molar-refractivity contribution in [2.45, 2.75) is 64.8 Å². The maximum absolute atomic E-state index is 13.6. The van der Waals surface area contributed by atoms with Crippen LogP contribution in [0, 0.1) is 5.92 Å². The third-order valence-corrected chi connectivity index (χ3v) is 9.00. The third-order valence-electron chi connectivity index (χ3n) is 7.30. The van der Waals surface area contributed by atoms with E-state index in [1.165, 1.54) is 11.8 Å². The summed E-state index contributed by atoms with van der Waals surface area (Å²) in [6, 6.07) is 9.22. The standard InChI is InChI=1S/C29H43N7O3Si/c1-20-7-12-25(22-10-8-21(9-11-22)18-34(2)3)35(17-20)29(38)28(37)33-24-16-31-27(30)23-15-32-36(26(23)24)19-39-13-14-40(4,5)6/h8-11,15-16,20,25H,7,12-14,17-19H2,1-6H3,(H2,30,31)(H,33,37)/t20-,25+/m0/s1. The zero-order valence-electron chi connectivity index (χ0n) is 24.6. The highest BCUT2D eigenvalue weighted by Crippen LogP contribution is 2.34. The SMILES string of the molecule is C[C@H]1CC[C@H](c2ccc(CN(C)C)cc2)N(C(=O)C(=O)Nc2cnc(N)c3cnn(COCC[Si](C)(C)C)c23)C1. The van der Waals surface area contributed by atoms with E-state index < -0.39 is 19.9 Å². The number of carbonyl (C=O) groups excluding carboxylic acids is 2. The number of aromatic nitrogens is 3. The lowest BCUT2D eigenvalue weighted by Crippen LogP contribution is -2.46. The van der Waals surface area contributed by atoms with Gasteiger partial charge in [-0.15, -0.1) is 0 Å². The first-order valence-electron chi connectivity index (χ1n) is 14.0. The van der Waals surface area contributed by atoms with Gasteiger partial charge in [-0.05, 0) is 50.0 Å². The van der Waals surface area contributed by atoms with Gasteiger partial charge in [-0.2, -0.15) is 5.10 Å². The monoisotopic (exact) mass is 565 g/mol. The van der Waals surface area contributed by atoms with Crippen LogP contribution in [0.1, 0.15) is 36.9 Å². The molecule has 1 aliphatic rings. The molecule has 11 heteroatoms. The van der Waals surface area contributed by atoms with Crippen molar-refractivity contribution in [2.75, 3.05) is 38.3 Å².